The van der Waals surface area contributed by atoms with Crippen molar-refractivity contribution in [2.24, 2.45) is 0 Å². The predicted molar refractivity (Wildman–Crippen MR) is 85.6 cm³/mol. The molecule has 3 rings (SSSR count). The smallest absolute Gasteiger partial charge is 0.246 e. The van der Waals surface area contributed by atoms with Gasteiger partial charge in [-0.05, 0) is 43.9 Å². The first kappa shape index (κ1) is 16.2. The lowest BCUT2D eigenvalue weighted by molar-refractivity contribution is 0.251. The van der Waals surface area contributed by atoms with Crippen LogP contribution in [0.4, 0.5) is 0 Å². The molecule has 0 aliphatic carbocycles. The van der Waals surface area contributed by atoms with Crippen LogP contribution in [0.5, 0.6) is 5.75 Å². The normalized spacial score (nSPS) is 27.0. The molecule has 0 saturated carbocycles. The van der Waals surface area contributed by atoms with Crippen molar-refractivity contribution in [3.63, 3.8) is 0 Å². The van der Waals surface area contributed by atoms with Crippen LogP contribution in [0.15, 0.2) is 23.1 Å². The van der Waals surface area contributed by atoms with Gasteiger partial charge in [0.15, 0.2) is 0 Å². The number of rotatable bonds is 4. The number of fused-ring (bicyclic) bond motifs is 2. The van der Waals surface area contributed by atoms with E-state index >= 15 is 0 Å². The molecule has 2 fully saturated rings. The molecule has 0 spiro atoms. The number of benzene rings is 1. The van der Waals surface area contributed by atoms with Crippen molar-refractivity contribution in [2.75, 3.05) is 14.2 Å². The number of methoxy groups -OCH3 is 1. The molecule has 7 heteroatoms. The van der Waals surface area contributed by atoms with Crippen molar-refractivity contribution in [3.8, 4) is 11.8 Å². The second-order valence-electron chi connectivity index (χ2n) is 6.26. The Morgan fingerprint density at radius 2 is 1.96 bits per heavy atom. The van der Waals surface area contributed by atoms with Crippen molar-refractivity contribution in [2.45, 2.75) is 48.7 Å². The van der Waals surface area contributed by atoms with E-state index in [0.717, 1.165) is 25.7 Å². The molecule has 2 aliphatic rings. The minimum atomic E-state index is -3.65. The summed E-state index contributed by atoms with van der Waals surface area (Å²) in [6.07, 6.45) is 3.92. The van der Waals surface area contributed by atoms with Gasteiger partial charge in [-0.25, -0.2) is 8.42 Å². The van der Waals surface area contributed by atoms with Gasteiger partial charge >= 0.3 is 0 Å². The van der Waals surface area contributed by atoms with Crippen LogP contribution in [-0.2, 0) is 10.0 Å². The van der Waals surface area contributed by atoms with Gasteiger partial charge in [-0.2, -0.15) is 9.57 Å². The fourth-order valence-corrected chi connectivity index (χ4v) is 5.14. The van der Waals surface area contributed by atoms with Crippen molar-refractivity contribution in [3.05, 3.63) is 23.8 Å². The zero-order valence-corrected chi connectivity index (χ0v) is 14.1. The molecule has 2 aliphatic heterocycles. The highest BCUT2D eigenvalue weighted by Crippen LogP contribution is 2.34. The Kier molecular flexibility index (Phi) is 4.32. The molecule has 2 atom stereocenters. The standard InChI is InChI=1S/C16H21N3O3S/c1-19(14-8-12-4-5-13(9-14)18-12)23(20,21)16-6-3-11(10-17)7-15(16)22-2/h3,6-7,12-14,18H,4-5,8-9H2,1-2H3. The fourth-order valence-electron chi connectivity index (χ4n) is 3.63. The molecule has 2 saturated heterocycles. The van der Waals surface area contributed by atoms with Crippen LogP contribution in [0.2, 0.25) is 0 Å². The van der Waals surface area contributed by atoms with Gasteiger partial charge in [0, 0.05) is 25.2 Å². The highest BCUT2D eigenvalue weighted by atomic mass is 32.2. The quantitative estimate of drug-likeness (QED) is 0.901. The average Bonchev–Trinajstić information content (AvgIpc) is 2.91. The van der Waals surface area contributed by atoms with E-state index in [0.29, 0.717) is 17.6 Å². The number of nitriles is 1. The summed E-state index contributed by atoms with van der Waals surface area (Å²) >= 11 is 0. The monoisotopic (exact) mass is 335 g/mol. The first-order valence-electron chi connectivity index (χ1n) is 7.78. The lowest BCUT2D eigenvalue weighted by atomic mass is 10.0. The van der Waals surface area contributed by atoms with Gasteiger partial charge in [0.2, 0.25) is 10.0 Å². The lowest BCUT2D eigenvalue weighted by Gasteiger charge is -2.35. The van der Waals surface area contributed by atoms with Gasteiger partial charge in [-0.1, -0.05) is 0 Å². The van der Waals surface area contributed by atoms with Crippen LogP contribution in [0.25, 0.3) is 0 Å². The van der Waals surface area contributed by atoms with Gasteiger partial charge in [0.25, 0.3) is 0 Å². The Hall–Kier alpha value is -1.62. The molecule has 1 N–H and O–H groups in total. The molecule has 0 amide bonds. The second kappa shape index (κ2) is 6.11. The summed E-state index contributed by atoms with van der Waals surface area (Å²) < 4.78 is 32.6. The maximum Gasteiger partial charge on any atom is 0.246 e. The summed E-state index contributed by atoms with van der Waals surface area (Å²) in [5, 5.41) is 12.5. The minimum absolute atomic E-state index is 0.000834. The molecule has 2 heterocycles. The van der Waals surface area contributed by atoms with E-state index in [1.807, 2.05) is 6.07 Å². The Morgan fingerprint density at radius 1 is 1.30 bits per heavy atom. The van der Waals surface area contributed by atoms with Crippen LogP contribution < -0.4 is 10.1 Å². The van der Waals surface area contributed by atoms with E-state index in [2.05, 4.69) is 5.32 Å². The maximum absolute atomic E-state index is 13.0. The first-order chi connectivity index (χ1) is 11.0. The lowest BCUT2D eigenvalue weighted by Crippen LogP contribution is -2.48. The zero-order valence-electron chi connectivity index (χ0n) is 13.3. The summed E-state index contributed by atoms with van der Waals surface area (Å²) in [7, 11) is -0.596. The van der Waals surface area contributed by atoms with Gasteiger partial charge in [0.05, 0.1) is 18.7 Å². The van der Waals surface area contributed by atoms with E-state index in [9.17, 15) is 8.42 Å². The van der Waals surface area contributed by atoms with Gasteiger partial charge < -0.3 is 10.1 Å². The van der Waals surface area contributed by atoms with Crippen molar-refractivity contribution in [1.29, 1.82) is 5.26 Å². The third-order valence-corrected chi connectivity index (χ3v) is 6.86. The number of ether oxygens (including phenoxy) is 1. The molecule has 2 unspecified atom stereocenters. The van der Waals surface area contributed by atoms with Crippen LogP contribution in [0.3, 0.4) is 0 Å². The Balaban J connectivity index is 1.90. The van der Waals surface area contributed by atoms with Crippen molar-refractivity contribution < 1.29 is 13.2 Å². The van der Waals surface area contributed by atoms with Crippen LogP contribution in [-0.4, -0.2) is 45.0 Å². The molecule has 6 nitrogen and oxygen atoms in total. The molecular formula is C16H21N3O3S. The van der Waals surface area contributed by atoms with Gasteiger partial charge in [-0.15, -0.1) is 0 Å². The first-order valence-corrected chi connectivity index (χ1v) is 9.22. The van der Waals surface area contributed by atoms with E-state index in [1.165, 1.54) is 29.6 Å². The van der Waals surface area contributed by atoms with Crippen LogP contribution in [0, 0.1) is 11.3 Å². The fraction of sp³-hybridized carbons (Fsp3) is 0.562. The Morgan fingerprint density at radius 3 is 2.52 bits per heavy atom. The van der Waals surface area contributed by atoms with E-state index < -0.39 is 10.0 Å². The minimum Gasteiger partial charge on any atom is -0.495 e. The summed E-state index contributed by atoms with van der Waals surface area (Å²) in [4.78, 5) is 0.118. The van der Waals surface area contributed by atoms with E-state index in [1.54, 1.807) is 7.05 Å². The number of sulfonamides is 1. The molecule has 124 valence electrons. The topological polar surface area (TPSA) is 82.4 Å². The number of hydrogen-bond donors (Lipinski definition) is 1. The highest BCUT2D eigenvalue weighted by Gasteiger charge is 2.39. The van der Waals surface area contributed by atoms with Gasteiger partial charge in [-0.3, -0.25) is 0 Å². The van der Waals surface area contributed by atoms with E-state index in [4.69, 9.17) is 10.00 Å². The van der Waals surface area contributed by atoms with Crippen molar-refractivity contribution >= 4 is 10.0 Å². The van der Waals surface area contributed by atoms with Crippen LogP contribution in [0.1, 0.15) is 31.2 Å². The Labute approximate surface area is 137 Å². The third-order valence-electron chi connectivity index (χ3n) is 4.91. The summed E-state index contributed by atoms with van der Waals surface area (Å²) in [5.41, 5.74) is 0.378. The number of hydrogen-bond acceptors (Lipinski definition) is 5. The predicted octanol–water partition coefficient (Wildman–Crippen LogP) is 1.47. The number of piperidine rings is 1. The number of nitrogens with zero attached hydrogens (tertiary/aromatic N) is 2. The average molecular weight is 335 g/mol. The van der Waals surface area contributed by atoms with Crippen LogP contribution >= 0.6 is 0 Å². The molecule has 0 radical (unpaired) electrons. The van der Waals surface area contributed by atoms with E-state index in [-0.39, 0.29) is 16.7 Å². The summed E-state index contributed by atoms with van der Waals surface area (Å²) in [5.74, 6) is 0.216. The van der Waals surface area contributed by atoms with Crippen molar-refractivity contribution in [1.82, 2.24) is 9.62 Å². The molecule has 23 heavy (non-hydrogen) atoms. The molecule has 2 bridgehead atoms. The molecule has 1 aromatic rings. The Bertz CT molecular complexity index is 729. The molecular weight excluding hydrogens is 314 g/mol. The largest absolute Gasteiger partial charge is 0.495 e. The third kappa shape index (κ3) is 2.94. The second-order valence-corrected chi connectivity index (χ2v) is 8.23. The number of nitrogens with one attached hydrogen (secondary N) is 1. The molecule has 1 aromatic carbocycles. The summed E-state index contributed by atoms with van der Waals surface area (Å²) in [6.45, 7) is 0. The highest BCUT2D eigenvalue weighted by molar-refractivity contribution is 7.89. The zero-order chi connectivity index (χ0) is 16.6. The summed E-state index contributed by atoms with van der Waals surface area (Å²) in [6, 6.07) is 7.26. The maximum atomic E-state index is 13.0. The SMILES string of the molecule is COc1cc(C#N)ccc1S(=O)(=O)N(C)C1CC2CCC(C1)N2. The molecule has 0 aromatic heterocycles. The van der Waals surface area contributed by atoms with Gasteiger partial charge in [0.1, 0.15) is 10.6 Å².